The molecule has 1 unspecified atom stereocenters. The van der Waals surface area contributed by atoms with E-state index in [1.54, 1.807) is 7.11 Å². The summed E-state index contributed by atoms with van der Waals surface area (Å²) in [6, 6.07) is 1.83. The SMILES string of the molecule is COc1cc(CC(Cl)CC(C)(C)C)ncn1. The molecule has 4 heteroatoms. The van der Waals surface area contributed by atoms with Crippen LogP contribution in [-0.4, -0.2) is 22.5 Å². The van der Waals surface area contributed by atoms with E-state index in [9.17, 15) is 0 Å². The van der Waals surface area contributed by atoms with Gasteiger partial charge in [-0.15, -0.1) is 11.6 Å². The molecule has 0 amide bonds. The summed E-state index contributed by atoms with van der Waals surface area (Å²) in [5, 5.41) is 0.0969. The average molecular weight is 243 g/mol. The Balaban J connectivity index is 2.59. The molecule has 1 heterocycles. The smallest absolute Gasteiger partial charge is 0.216 e. The summed E-state index contributed by atoms with van der Waals surface area (Å²) in [6.07, 6.45) is 3.22. The molecule has 90 valence electrons. The fourth-order valence-corrected chi connectivity index (χ4v) is 2.18. The third-order valence-corrected chi connectivity index (χ3v) is 2.48. The van der Waals surface area contributed by atoms with Gasteiger partial charge in [-0.2, -0.15) is 0 Å². The number of ether oxygens (including phenoxy) is 1. The first-order chi connectivity index (χ1) is 7.40. The van der Waals surface area contributed by atoms with E-state index in [0.717, 1.165) is 18.5 Å². The van der Waals surface area contributed by atoms with Crippen molar-refractivity contribution in [1.29, 1.82) is 0 Å². The van der Waals surface area contributed by atoms with Crippen LogP contribution < -0.4 is 4.74 Å². The maximum Gasteiger partial charge on any atom is 0.216 e. The van der Waals surface area contributed by atoms with Gasteiger partial charge in [-0.1, -0.05) is 20.8 Å². The summed E-state index contributed by atoms with van der Waals surface area (Å²) in [5.41, 5.74) is 1.17. The van der Waals surface area contributed by atoms with Crippen LogP contribution >= 0.6 is 11.6 Å². The van der Waals surface area contributed by atoms with Gasteiger partial charge in [0.2, 0.25) is 5.88 Å². The van der Waals surface area contributed by atoms with Crippen LogP contribution in [0.5, 0.6) is 5.88 Å². The number of alkyl halides is 1. The van der Waals surface area contributed by atoms with E-state index in [-0.39, 0.29) is 10.8 Å². The van der Waals surface area contributed by atoms with Crippen LogP contribution in [0.15, 0.2) is 12.4 Å². The summed E-state index contributed by atoms with van der Waals surface area (Å²) < 4.78 is 5.04. The van der Waals surface area contributed by atoms with Crippen molar-refractivity contribution in [1.82, 2.24) is 9.97 Å². The molecule has 0 saturated carbocycles. The van der Waals surface area contributed by atoms with Crippen LogP contribution in [0.25, 0.3) is 0 Å². The minimum atomic E-state index is 0.0969. The van der Waals surface area contributed by atoms with E-state index < -0.39 is 0 Å². The van der Waals surface area contributed by atoms with Gasteiger partial charge < -0.3 is 4.74 Å². The number of nitrogens with zero attached hydrogens (tertiary/aromatic N) is 2. The summed E-state index contributed by atoms with van der Waals surface area (Å²) >= 11 is 6.29. The zero-order valence-electron chi connectivity index (χ0n) is 10.3. The molecule has 1 atom stereocenters. The van der Waals surface area contributed by atoms with Crippen LogP contribution in [0, 0.1) is 5.41 Å². The topological polar surface area (TPSA) is 35.0 Å². The van der Waals surface area contributed by atoms with Crippen LogP contribution in [0.3, 0.4) is 0 Å². The van der Waals surface area contributed by atoms with Gasteiger partial charge in [0, 0.05) is 23.6 Å². The molecule has 0 radical (unpaired) electrons. The minimum absolute atomic E-state index is 0.0969. The molecule has 1 rings (SSSR count). The van der Waals surface area contributed by atoms with E-state index >= 15 is 0 Å². The van der Waals surface area contributed by atoms with E-state index in [0.29, 0.717) is 5.88 Å². The fourth-order valence-electron chi connectivity index (χ4n) is 1.56. The molecule has 0 bridgehead atoms. The first kappa shape index (κ1) is 13.2. The highest BCUT2D eigenvalue weighted by atomic mass is 35.5. The first-order valence-electron chi connectivity index (χ1n) is 5.40. The predicted molar refractivity (Wildman–Crippen MR) is 66.0 cm³/mol. The summed E-state index contributed by atoms with van der Waals surface area (Å²) in [7, 11) is 1.60. The van der Waals surface area contributed by atoms with Crippen molar-refractivity contribution in [3.63, 3.8) is 0 Å². The van der Waals surface area contributed by atoms with Crippen LogP contribution in [0.1, 0.15) is 32.9 Å². The summed E-state index contributed by atoms with van der Waals surface area (Å²) in [6.45, 7) is 6.55. The van der Waals surface area contributed by atoms with Crippen LogP contribution in [0.4, 0.5) is 0 Å². The molecule has 0 fully saturated rings. The lowest BCUT2D eigenvalue weighted by Crippen LogP contribution is -2.15. The Kier molecular flexibility index (Phi) is 4.54. The molecule has 1 aromatic rings. The second-order valence-electron chi connectivity index (χ2n) is 5.12. The lowest BCUT2D eigenvalue weighted by Gasteiger charge is -2.21. The third kappa shape index (κ3) is 4.79. The van der Waals surface area contributed by atoms with Crippen molar-refractivity contribution >= 4 is 11.6 Å². The number of hydrogen-bond donors (Lipinski definition) is 0. The van der Waals surface area contributed by atoms with Gasteiger partial charge in [0.1, 0.15) is 6.33 Å². The Morgan fingerprint density at radius 3 is 2.62 bits per heavy atom. The number of rotatable bonds is 4. The Morgan fingerprint density at radius 1 is 1.38 bits per heavy atom. The quantitative estimate of drug-likeness (QED) is 0.762. The monoisotopic (exact) mass is 242 g/mol. The molecule has 0 aliphatic carbocycles. The second kappa shape index (κ2) is 5.48. The number of aromatic nitrogens is 2. The highest BCUT2D eigenvalue weighted by Gasteiger charge is 2.17. The Labute approximate surface area is 102 Å². The number of halogens is 1. The summed E-state index contributed by atoms with van der Waals surface area (Å²) in [4.78, 5) is 8.15. The lowest BCUT2D eigenvalue weighted by molar-refractivity contribution is 0.367. The van der Waals surface area contributed by atoms with E-state index in [2.05, 4.69) is 30.7 Å². The van der Waals surface area contributed by atoms with Crippen LogP contribution in [-0.2, 0) is 6.42 Å². The van der Waals surface area contributed by atoms with Crippen molar-refractivity contribution in [2.75, 3.05) is 7.11 Å². The number of hydrogen-bond acceptors (Lipinski definition) is 3. The fraction of sp³-hybridized carbons (Fsp3) is 0.667. The second-order valence-corrected chi connectivity index (χ2v) is 5.74. The van der Waals surface area contributed by atoms with Gasteiger partial charge in [0.25, 0.3) is 0 Å². The van der Waals surface area contributed by atoms with Gasteiger partial charge in [-0.25, -0.2) is 9.97 Å². The van der Waals surface area contributed by atoms with E-state index in [1.165, 1.54) is 6.33 Å². The maximum atomic E-state index is 6.29. The highest BCUT2D eigenvalue weighted by molar-refractivity contribution is 6.20. The molecule has 0 saturated heterocycles. The molecule has 0 N–H and O–H groups in total. The molecular formula is C12H19ClN2O. The van der Waals surface area contributed by atoms with Gasteiger partial charge in [-0.05, 0) is 11.8 Å². The van der Waals surface area contributed by atoms with Gasteiger partial charge >= 0.3 is 0 Å². The molecule has 0 aliphatic heterocycles. The van der Waals surface area contributed by atoms with Crippen molar-refractivity contribution in [2.45, 2.75) is 39.0 Å². The molecule has 0 aliphatic rings. The molecule has 0 spiro atoms. The van der Waals surface area contributed by atoms with E-state index in [4.69, 9.17) is 16.3 Å². The van der Waals surface area contributed by atoms with Crippen molar-refractivity contribution in [2.24, 2.45) is 5.41 Å². The largest absolute Gasteiger partial charge is 0.481 e. The average Bonchev–Trinajstić information content (AvgIpc) is 2.15. The summed E-state index contributed by atoms with van der Waals surface area (Å²) in [5.74, 6) is 0.588. The molecule has 3 nitrogen and oxygen atoms in total. The van der Waals surface area contributed by atoms with Crippen molar-refractivity contribution in [3.05, 3.63) is 18.1 Å². The highest BCUT2D eigenvalue weighted by Crippen LogP contribution is 2.25. The zero-order chi connectivity index (χ0) is 12.2. The Bertz CT molecular complexity index is 336. The molecule has 1 aromatic heterocycles. The normalized spacial score (nSPS) is 13.6. The number of methoxy groups -OCH3 is 1. The maximum absolute atomic E-state index is 6.29. The molecule has 0 aromatic carbocycles. The molecular weight excluding hydrogens is 224 g/mol. The molecule has 16 heavy (non-hydrogen) atoms. The minimum Gasteiger partial charge on any atom is -0.481 e. The Hall–Kier alpha value is -0.830. The van der Waals surface area contributed by atoms with Gasteiger partial charge in [-0.3, -0.25) is 0 Å². The van der Waals surface area contributed by atoms with Crippen LogP contribution in [0.2, 0.25) is 0 Å². The standard InChI is InChI=1S/C12H19ClN2O/c1-12(2,3)7-9(13)5-10-6-11(16-4)15-8-14-10/h6,8-9H,5,7H2,1-4H3. The van der Waals surface area contributed by atoms with Crippen molar-refractivity contribution < 1.29 is 4.74 Å². The van der Waals surface area contributed by atoms with Crippen molar-refractivity contribution in [3.8, 4) is 5.88 Å². The predicted octanol–water partition coefficient (Wildman–Crippen LogP) is 3.07. The third-order valence-electron chi connectivity index (χ3n) is 2.17. The first-order valence-corrected chi connectivity index (χ1v) is 5.83. The Morgan fingerprint density at radius 2 is 2.06 bits per heavy atom. The lowest BCUT2D eigenvalue weighted by atomic mass is 9.89. The van der Waals surface area contributed by atoms with Gasteiger partial charge in [0.15, 0.2) is 0 Å². The van der Waals surface area contributed by atoms with Gasteiger partial charge in [0.05, 0.1) is 7.11 Å². The van der Waals surface area contributed by atoms with E-state index in [1.807, 2.05) is 6.07 Å². The zero-order valence-corrected chi connectivity index (χ0v) is 11.1.